The fourth-order valence-corrected chi connectivity index (χ4v) is 5.18. The lowest BCUT2D eigenvalue weighted by molar-refractivity contribution is -0.261. The number of nitrogens with zero attached hydrogens (tertiary/aromatic N) is 1. The second-order valence-electron chi connectivity index (χ2n) is 10.4. The zero-order valence-corrected chi connectivity index (χ0v) is 21.6. The maximum Gasteiger partial charge on any atom is 0.311 e. The molecule has 2 aliphatic heterocycles. The Morgan fingerprint density at radius 1 is 1.09 bits per heavy atom. The Morgan fingerprint density at radius 3 is 2.34 bits per heavy atom. The zero-order valence-electron chi connectivity index (χ0n) is 21.6. The molecule has 2 heterocycles. The van der Waals surface area contributed by atoms with Gasteiger partial charge >= 0.3 is 5.97 Å². The van der Waals surface area contributed by atoms with Crippen molar-refractivity contribution in [1.82, 2.24) is 4.90 Å². The van der Waals surface area contributed by atoms with E-state index in [1.54, 1.807) is 0 Å². The molecule has 0 N–H and O–H groups in total. The molecule has 0 amide bonds. The van der Waals surface area contributed by atoms with E-state index in [1.165, 1.54) is 0 Å². The average Bonchev–Trinajstić information content (AvgIpc) is 2.73. The normalized spacial score (nSPS) is 40.3. The highest BCUT2D eigenvalue weighted by molar-refractivity contribution is 5.82. The van der Waals surface area contributed by atoms with Gasteiger partial charge in [-0.15, -0.1) is 0 Å². The zero-order chi connectivity index (χ0) is 24.2. The van der Waals surface area contributed by atoms with Crippen LogP contribution in [0.15, 0.2) is 11.6 Å². The van der Waals surface area contributed by atoms with E-state index in [-0.39, 0.29) is 47.8 Å². The first-order valence-electron chi connectivity index (χ1n) is 12.3. The fourth-order valence-electron chi connectivity index (χ4n) is 5.18. The average molecular weight is 452 g/mol. The van der Waals surface area contributed by atoms with Crippen LogP contribution in [-0.2, 0) is 23.8 Å². The minimum absolute atomic E-state index is 0.00641. The summed E-state index contributed by atoms with van der Waals surface area (Å²) in [5.74, 6) is -0.424. The van der Waals surface area contributed by atoms with Crippen LogP contribution >= 0.6 is 0 Å². The number of cyclic esters (lactones) is 1. The number of ketones is 1. The first kappa shape index (κ1) is 27.0. The van der Waals surface area contributed by atoms with E-state index >= 15 is 0 Å². The topological polar surface area (TPSA) is 65.1 Å². The lowest BCUT2D eigenvalue weighted by atomic mass is 9.83. The Balaban J connectivity index is 2.32. The number of Topliss-reactive ketones (excluding diaryl/α,β-unsaturated/α-hetero) is 1. The molecule has 184 valence electrons. The van der Waals surface area contributed by atoms with Gasteiger partial charge in [-0.3, -0.25) is 9.59 Å². The summed E-state index contributed by atoms with van der Waals surface area (Å²) in [5.41, 5.74) is 0.937. The van der Waals surface area contributed by atoms with Crippen LogP contribution in [0.25, 0.3) is 0 Å². The third kappa shape index (κ3) is 6.64. The Bertz CT molecular complexity index is 675. The van der Waals surface area contributed by atoms with Crippen LogP contribution in [0, 0.1) is 23.7 Å². The number of hydrogen-bond donors (Lipinski definition) is 0. The van der Waals surface area contributed by atoms with E-state index in [4.69, 9.17) is 14.2 Å². The molecule has 0 aromatic carbocycles. The number of rotatable bonds is 4. The standard InChI is InChI=1S/C26H45NO5/c1-10-23-15(2)11-12-22(28)16(3)13-17(4)24(20(7)25(29)31-23)32-26-19(6)21(27(8)9)14-18(5)30-26/h11,16-21,23-24,26H,10,12-14H2,1-9H3/t16-,17+,18?,19?,20-,21?,23-,24+,26?/m1/s1. The molecule has 0 aromatic heterocycles. The maximum absolute atomic E-state index is 13.2. The minimum atomic E-state index is -0.459. The molecule has 32 heavy (non-hydrogen) atoms. The molecular weight excluding hydrogens is 406 g/mol. The Labute approximate surface area is 195 Å². The van der Waals surface area contributed by atoms with E-state index < -0.39 is 12.2 Å². The van der Waals surface area contributed by atoms with E-state index in [0.717, 1.165) is 12.0 Å². The molecule has 0 spiro atoms. The molecule has 1 saturated heterocycles. The Morgan fingerprint density at radius 2 is 1.75 bits per heavy atom. The molecular formula is C26H45NO5. The number of carbonyl (C=O) groups is 2. The summed E-state index contributed by atoms with van der Waals surface area (Å²) in [6.45, 7) is 14.1. The van der Waals surface area contributed by atoms with Gasteiger partial charge in [-0.2, -0.15) is 0 Å². The van der Waals surface area contributed by atoms with Crippen LogP contribution in [0.5, 0.6) is 0 Å². The van der Waals surface area contributed by atoms with Gasteiger partial charge in [0, 0.05) is 24.3 Å². The summed E-state index contributed by atoms with van der Waals surface area (Å²) >= 11 is 0. The van der Waals surface area contributed by atoms with Crippen molar-refractivity contribution in [2.75, 3.05) is 14.1 Å². The SMILES string of the molecule is CC[C@H]1OC(=O)[C@H](C)[C@@H](OC2OC(C)CC(N(C)C)C2C)[C@@H](C)C[C@@H](C)C(=O)CC=C1C. The van der Waals surface area contributed by atoms with Crippen LogP contribution in [0.1, 0.15) is 74.1 Å². The van der Waals surface area contributed by atoms with Crippen LogP contribution in [0.3, 0.4) is 0 Å². The predicted octanol–water partition coefficient (Wildman–Crippen LogP) is 4.61. The first-order valence-corrected chi connectivity index (χ1v) is 12.3. The van der Waals surface area contributed by atoms with Crippen molar-refractivity contribution in [3.8, 4) is 0 Å². The van der Waals surface area contributed by atoms with Gasteiger partial charge in [0.2, 0.25) is 0 Å². The molecule has 1 fully saturated rings. The van der Waals surface area contributed by atoms with Gasteiger partial charge in [-0.25, -0.2) is 0 Å². The van der Waals surface area contributed by atoms with Gasteiger partial charge in [0.25, 0.3) is 0 Å². The smallest absolute Gasteiger partial charge is 0.311 e. The van der Waals surface area contributed by atoms with Crippen molar-refractivity contribution < 1.29 is 23.8 Å². The minimum Gasteiger partial charge on any atom is -0.458 e. The first-order chi connectivity index (χ1) is 15.0. The third-order valence-corrected chi connectivity index (χ3v) is 7.39. The Hall–Kier alpha value is -1.24. The summed E-state index contributed by atoms with van der Waals surface area (Å²) in [4.78, 5) is 28.1. The van der Waals surface area contributed by atoms with E-state index in [9.17, 15) is 9.59 Å². The molecule has 4 unspecified atom stereocenters. The van der Waals surface area contributed by atoms with Crippen molar-refractivity contribution in [1.29, 1.82) is 0 Å². The second-order valence-corrected chi connectivity index (χ2v) is 10.4. The summed E-state index contributed by atoms with van der Waals surface area (Å²) in [6, 6.07) is 0.338. The van der Waals surface area contributed by atoms with Gasteiger partial charge in [0.05, 0.1) is 18.1 Å². The summed E-state index contributed by atoms with van der Waals surface area (Å²) in [7, 11) is 4.17. The number of ether oxygens (including phenoxy) is 3. The molecule has 0 saturated carbocycles. The predicted molar refractivity (Wildman–Crippen MR) is 126 cm³/mol. The summed E-state index contributed by atoms with van der Waals surface area (Å²) < 4.78 is 18.7. The highest BCUT2D eigenvalue weighted by Crippen LogP contribution is 2.34. The van der Waals surface area contributed by atoms with E-state index in [0.29, 0.717) is 25.3 Å². The highest BCUT2D eigenvalue weighted by Gasteiger charge is 2.41. The van der Waals surface area contributed by atoms with Crippen molar-refractivity contribution >= 4 is 11.8 Å². The van der Waals surface area contributed by atoms with Gasteiger partial charge < -0.3 is 19.1 Å². The fraction of sp³-hybridized carbons (Fsp3) is 0.846. The van der Waals surface area contributed by atoms with Crippen molar-refractivity contribution in [2.45, 2.75) is 105 Å². The lowest BCUT2D eigenvalue weighted by Gasteiger charge is -2.44. The lowest BCUT2D eigenvalue weighted by Crippen LogP contribution is -2.52. The highest BCUT2D eigenvalue weighted by atomic mass is 16.7. The number of allylic oxidation sites excluding steroid dienone is 1. The van der Waals surface area contributed by atoms with E-state index in [2.05, 4.69) is 39.8 Å². The quantitative estimate of drug-likeness (QED) is 0.459. The number of esters is 1. The van der Waals surface area contributed by atoms with Gasteiger partial charge in [0.1, 0.15) is 11.9 Å². The van der Waals surface area contributed by atoms with Crippen LogP contribution in [0.2, 0.25) is 0 Å². The maximum atomic E-state index is 13.2. The van der Waals surface area contributed by atoms with E-state index in [1.807, 2.05) is 33.8 Å². The summed E-state index contributed by atoms with van der Waals surface area (Å²) in [5, 5.41) is 0. The molecule has 2 aliphatic rings. The van der Waals surface area contributed by atoms with Crippen molar-refractivity contribution in [3.63, 3.8) is 0 Å². The molecule has 0 aliphatic carbocycles. The van der Waals surface area contributed by atoms with Crippen LogP contribution < -0.4 is 0 Å². The van der Waals surface area contributed by atoms with Crippen molar-refractivity contribution in [2.24, 2.45) is 23.7 Å². The molecule has 0 aromatic rings. The molecule has 6 nitrogen and oxygen atoms in total. The third-order valence-electron chi connectivity index (χ3n) is 7.39. The Kier molecular flexibility index (Phi) is 9.92. The summed E-state index contributed by atoms with van der Waals surface area (Å²) in [6.07, 6.45) is 3.55. The largest absolute Gasteiger partial charge is 0.458 e. The van der Waals surface area contributed by atoms with Crippen molar-refractivity contribution in [3.05, 3.63) is 11.6 Å². The van der Waals surface area contributed by atoms with Gasteiger partial charge in [-0.05, 0) is 65.6 Å². The molecule has 0 radical (unpaired) electrons. The number of hydrogen-bond acceptors (Lipinski definition) is 6. The monoisotopic (exact) mass is 451 g/mol. The van der Waals surface area contributed by atoms with Gasteiger partial charge in [-0.1, -0.05) is 33.8 Å². The van der Waals surface area contributed by atoms with Crippen LogP contribution in [-0.4, -0.2) is 61.4 Å². The molecule has 6 heteroatoms. The van der Waals surface area contributed by atoms with Gasteiger partial charge in [0.15, 0.2) is 6.29 Å². The number of carbonyl (C=O) groups excluding carboxylic acids is 2. The van der Waals surface area contributed by atoms with Crippen LogP contribution in [0.4, 0.5) is 0 Å². The second kappa shape index (κ2) is 11.8. The molecule has 2 rings (SSSR count). The molecule has 0 bridgehead atoms. The molecule has 9 atom stereocenters.